The average Bonchev–Trinajstić information content (AvgIpc) is 2.89. The van der Waals surface area contributed by atoms with Crippen molar-refractivity contribution in [2.75, 3.05) is 0 Å². The zero-order valence-corrected chi connectivity index (χ0v) is 12.3. The molecule has 3 aromatic rings. The van der Waals surface area contributed by atoms with Gasteiger partial charge >= 0.3 is 0 Å². The summed E-state index contributed by atoms with van der Waals surface area (Å²) >= 11 is 5.19. The minimum absolute atomic E-state index is 0.0437. The van der Waals surface area contributed by atoms with Crippen LogP contribution in [0.15, 0.2) is 42.5 Å². The number of hydrogen-bond donors (Lipinski definition) is 3. The van der Waals surface area contributed by atoms with Crippen molar-refractivity contribution in [3.8, 4) is 28.6 Å². The molecule has 8 nitrogen and oxygen atoms in total. The van der Waals surface area contributed by atoms with E-state index in [1.807, 2.05) is 0 Å². The number of aromatic amines is 1. The van der Waals surface area contributed by atoms with Gasteiger partial charge in [-0.15, -0.1) is 0 Å². The molecule has 0 amide bonds. The van der Waals surface area contributed by atoms with Crippen molar-refractivity contribution in [2.45, 2.75) is 0 Å². The second-order valence-electron chi connectivity index (χ2n) is 4.66. The van der Waals surface area contributed by atoms with E-state index in [1.165, 1.54) is 47.0 Å². The molecular formula is C14H10N4O4S. The van der Waals surface area contributed by atoms with Crippen molar-refractivity contribution < 1.29 is 15.1 Å². The maximum absolute atomic E-state index is 10.7. The summed E-state index contributed by atoms with van der Waals surface area (Å²) in [5.74, 6) is 0.0748. The molecule has 0 aliphatic rings. The summed E-state index contributed by atoms with van der Waals surface area (Å²) in [5.41, 5.74) is 0.864. The van der Waals surface area contributed by atoms with Gasteiger partial charge in [0, 0.05) is 18.2 Å². The van der Waals surface area contributed by atoms with Gasteiger partial charge in [0.05, 0.1) is 16.2 Å². The van der Waals surface area contributed by atoms with Gasteiger partial charge in [0.25, 0.3) is 5.69 Å². The number of benzene rings is 2. The Morgan fingerprint density at radius 3 is 2.48 bits per heavy atom. The molecule has 9 heteroatoms. The van der Waals surface area contributed by atoms with Crippen molar-refractivity contribution in [1.82, 2.24) is 14.8 Å². The summed E-state index contributed by atoms with van der Waals surface area (Å²) in [6, 6.07) is 9.86. The summed E-state index contributed by atoms with van der Waals surface area (Å²) in [7, 11) is 0. The van der Waals surface area contributed by atoms with Crippen LogP contribution in [-0.4, -0.2) is 29.9 Å². The number of rotatable bonds is 3. The first-order valence-electron chi connectivity index (χ1n) is 6.42. The molecule has 0 atom stereocenters. The predicted octanol–water partition coefficient (Wildman–Crippen LogP) is 2.92. The van der Waals surface area contributed by atoms with Gasteiger partial charge in [0.1, 0.15) is 11.5 Å². The molecule has 0 saturated carbocycles. The largest absolute Gasteiger partial charge is 0.508 e. The van der Waals surface area contributed by atoms with Crippen LogP contribution < -0.4 is 0 Å². The fourth-order valence-corrected chi connectivity index (χ4v) is 2.39. The number of nitro groups is 1. The Morgan fingerprint density at radius 2 is 1.87 bits per heavy atom. The Kier molecular flexibility index (Phi) is 3.54. The highest BCUT2D eigenvalue weighted by Gasteiger charge is 2.15. The van der Waals surface area contributed by atoms with Crippen molar-refractivity contribution in [2.24, 2.45) is 0 Å². The molecule has 0 spiro atoms. The van der Waals surface area contributed by atoms with Crippen LogP contribution in [0, 0.1) is 14.9 Å². The van der Waals surface area contributed by atoms with Gasteiger partial charge < -0.3 is 10.2 Å². The topological polar surface area (TPSA) is 117 Å². The van der Waals surface area contributed by atoms with Crippen LogP contribution in [0.2, 0.25) is 0 Å². The lowest BCUT2D eigenvalue weighted by Crippen LogP contribution is -1.98. The SMILES string of the molecule is O=[N+]([O-])c1ccc(-n2c(-c3ccc(O)cc3O)n[nH]c2=S)cc1. The van der Waals surface area contributed by atoms with E-state index in [0.717, 1.165) is 0 Å². The minimum atomic E-state index is -0.495. The zero-order chi connectivity index (χ0) is 16.6. The van der Waals surface area contributed by atoms with Crippen LogP contribution in [0.25, 0.3) is 17.1 Å². The van der Waals surface area contributed by atoms with E-state index in [1.54, 1.807) is 0 Å². The number of nitrogens with zero attached hydrogens (tertiary/aromatic N) is 3. The summed E-state index contributed by atoms with van der Waals surface area (Å²) in [6.07, 6.45) is 0. The highest BCUT2D eigenvalue weighted by molar-refractivity contribution is 7.71. The number of nitro benzene ring substituents is 1. The van der Waals surface area contributed by atoms with E-state index >= 15 is 0 Å². The molecule has 0 radical (unpaired) electrons. The number of H-pyrrole nitrogens is 1. The first kappa shape index (κ1) is 14.7. The molecule has 0 unspecified atom stereocenters. The van der Waals surface area contributed by atoms with Gasteiger partial charge in [-0.05, 0) is 36.5 Å². The van der Waals surface area contributed by atoms with E-state index in [2.05, 4.69) is 10.2 Å². The predicted molar refractivity (Wildman–Crippen MR) is 84.2 cm³/mol. The number of nitrogens with one attached hydrogen (secondary N) is 1. The number of aromatic nitrogens is 3. The number of aromatic hydroxyl groups is 2. The summed E-state index contributed by atoms with van der Waals surface area (Å²) in [5, 5.41) is 36.8. The molecule has 1 aromatic heterocycles. The molecule has 23 heavy (non-hydrogen) atoms. The third-order valence-corrected chi connectivity index (χ3v) is 3.49. The van der Waals surface area contributed by atoms with E-state index in [4.69, 9.17) is 12.2 Å². The average molecular weight is 330 g/mol. The third-order valence-electron chi connectivity index (χ3n) is 3.21. The quantitative estimate of drug-likeness (QED) is 0.386. The Hall–Kier alpha value is -3.20. The summed E-state index contributed by atoms with van der Waals surface area (Å²) in [6.45, 7) is 0. The highest BCUT2D eigenvalue weighted by Crippen LogP contribution is 2.32. The van der Waals surface area contributed by atoms with Crippen molar-refractivity contribution in [1.29, 1.82) is 0 Å². The number of phenols is 2. The summed E-state index contributed by atoms with van der Waals surface area (Å²) in [4.78, 5) is 10.2. The third kappa shape index (κ3) is 2.64. The Morgan fingerprint density at radius 1 is 1.17 bits per heavy atom. The van der Waals surface area contributed by atoms with Gasteiger partial charge in [0.15, 0.2) is 10.6 Å². The second kappa shape index (κ2) is 5.54. The fourth-order valence-electron chi connectivity index (χ4n) is 2.15. The number of hydrogen-bond acceptors (Lipinski definition) is 6. The minimum Gasteiger partial charge on any atom is -0.508 e. The van der Waals surface area contributed by atoms with Crippen LogP contribution in [0.1, 0.15) is 0 Å². The molecule has 2 aromatic carbocycles. The van der Waals surface area contributed by atoms with Crippen LogP contribution >= 0.6 is 12.2 Å². The maximum Gasteiger partial charge on any atom is 0.269 e. The Labute approximate surface area is 134 Å². The van der Waals surface area contributed by atoms with Gasteiger partial charge in [-0.2, -0.15) is 5.10 Å². The second-order valence-corrected chi connectivity index (χ2v) is 5.05. The van der Waals surface area contributed by atoms with Gasteiger partial charge in [0.2, 0.25) is 0 Å². The van der Waals surface area contributed by atoms with Gasteiger partial charge in [-0.1, -0.05) is 0 Å². The van der Waals surface area contributed by atoms with Crippen LogP contribution in [0.4, 0.5) is 5.69 Å². The van der Waals surface area contributed by atoms with Gasteiger partial charge in [-0.25, -0.2) is 0 Å². The maximum atomic E-state index is 10.7. The van der Waals surface area contributed by atoms with Gasteiger partial charge in [-0.3, -0.25) is 19.8 Å². The monoisotopic (exact) mass is 330 g/mol. The molecule has 0 aliphatic carbocycles. The molecule has 0 saturated heterocycles. The first-order chi connectivity index (χ1) is 11.0. The van der Waals surface area contributed by atoms with E-state index in [0.29, 0.717) is 17.1 Å². The highest BCUT2D eigenvalue weighted by atomic mass is 32.1. The molecule has 116 valence electrons. The molecule has 0 aliphatic heterocycles. The van der Waals surface area contributed by atoms with Crippen molar-refractivity contribution in [3.63, 3.8) is 0 Å². The van der Waals surface area contributed by atoms with E-state index in [9.17, 15) is 20.3 Å². The molecule has 0 bridgehead atoms. The van der Waals surface area contributed by atoms with Crippen molar-refractivity contribution >= 4 is 17.9 Å². The van der Waals surface area contributed by atoms with Crippen LogP contribution in [0.3, 0.4) is 0 Å². The Balaban J connectivity index is 2.16. The molecule has 3 N–H and O–H groups in total. The molecule has 0 fully saturated rings. The standard InChI is InChI=1S/C14H10N4O4S/c19-10-5-6-11(12(20)7-10)13-15-16-14(23)17(13)8-1-3-9(4-2-8)18(21)22/h1-7,19-20H,(H,16,23). The summed E-state index contributed by atoms with van der Waals surface area (Å²) < 4.78 is 1.80. The smallest absolute Gasteiger partial charge is 0.269 e. The normalized spacial score (nSPS) is 10.6. The first-order valence-corrected chi connectivity index (χ1v) is 6.83. The lowest BCUT2D eigenvalue weighted by atomic mass is 10.1. The van der Waals surface area contributed by atoms with Crippen LogP contribution in [0.5, 0.6) is 11.5 Å². The number of phenolic OH excluding ortho intramolecular Hbond substituents is 2. The van der Waals surface area contributed by atoms with E-state index < -0.39 is 4.92 Å². The zero-order valence-electron chi connectivity index (χ0n) is 11.5. The molecule has 3 rings (SSSR count). The lowest BCUT2D eigenvalue weighted by molar-refractivity contribution is -0.384. The van der Waals surface area contributed by atoms with E-state index in [-0.39, 0.29) is 22.0 Å². The molecule has 1 heterocycles. The van der Waals surface area contributed by atoms with Crippen LogP contribution in [-0.2, 0) is 0 Å². The number of non-ortho nitro benzene ring substituents is 1. The van der Waals surface area contributed by atoms with Crippen molar-refractivity contribution in [3.05, 3.63) is 57.3 Å². The fraction of sp³-hybridized carbons (Fsp3) is 0. The molecular weight excluding hydrogens is 320 g/mol. The Bertz CT molecular complexity index is 946. The lowest BCUT2D eigenvalue weighted by Gasteiger charge is -2.08.